The van der Waals surface area contributed by atoms with Gasteiger partial charge in [-0.2, -0.15) is 0 Å². The first kappa shape index (κ1) is 55.6. The number of amides is 5. The first-order valence-electron chi connectivity index (χ1n) is 25.9. The Balaban J connectivity index is 0.777. The molecule has 0 bridgehead atoms. The van der Waals surface area contributed by atoms with E-state index in [4.69, 9.17) is 38.2 Å². The van der Waals surface area contributed by atoms with Crippen LogP contribution in [0.5, 0.6) is 17.2 Å². The summed E-state index contributed by atoms with van der Waals surface area (Å²) in [5.74, 6) is 6.52. The van der Waals surface area contributed by atoms with Gasteiger partial charge in [0.05, 0.1) is 94.5 Å². The molecule has 0 aromatic heterocycles. The Bertz CT molecular complexity index is 2870. The third-order valence-corrected chi connectivity index (χ3v) is 13.4. The van der Waals surface area contributed by atoms with Gasteiger partial charge in [-0.3, -0.25) is 38.7 Å². The topological polar surface area (TPSA) is 213 Å². The Hall–Kier alpha value is -7.63. The van der Waals surface area contributed by atoms with Gasteiger partial charge in [0.2, 0.25) is 5.91 Å². The highest BCUT2D eigenvalue weighted by molar-refractivity contribution is 6.13. The zero-order valence-corrected chi connectivity index (χ0v) is 43.8. The van der Waals surface area contributed by atoms with Crippen LogP contribution in [0.15, 0.2) is 83.9 Å². The quantitative estimate of drug-likeness (QED) is 0.0422. The summed E-state index contributed by atoms with van der Waals surface area (Å²) in [6.45, 7) is 14.9. The second kappa shape index (κ2) is 26.9. The number of carbonyl (C=O) groups is 6. The number of hydrogen-bond donors (Lipinski definition) is 2. The molecule has 0 saturated carbocycles. The molecule has 5 aliphatic rings. The van der Waals surface area contributed by atoms with Crippen LogP contribution in [-0.4, -0.2) is 161 Å². The molecular weight excluding hydrogens is 989 g/mol. The summed E-state index contributed by atoms with van der Waals surface area (Å²) < 4.78 is 40.7. The Morgan fingerprint density at radius 2 is 1.38 bits per heavy atom. The summed E-state index contributed by atoms with van der Waals surface area (Å²) in [6, 6.07) is 12.9. The normalized spacial score (nSPS) is 17.3. The molecule has 77 heavy (non-hydrogen) atoms. The molecule has 19 nitrogen and oxygen atoms in total. The standard InChI is InChI=1S/C58H66N6O13/c1-38-23-44-32-60-49-30-51(40(3)25-47(49)57(69)63(44)34-38)76-36-42-26-41(27-43(28-42)37-77-53-31-50-48(29-52(53)71-4)58(70)64-35-39(2)24-45(64)33-61-50)7-5-13-59-54(66)12-16-73-18-20-75-22-21-74-19-17-72-15-6-8-46(65)11-14-62-55(67)9-10-56(62)68/h9-10,25-32,44-45,61H,1-2,6,8,11-24,33-37H2,3-4H3,(H,59,66)/t44-,45-/m0/s1. The van der Waals surface area contributed by atoms with Gasteiger partial charge in [0.1, 0.15) is 24.7 Å². The average Bonchev–Trinajstić information content (AvgIpc) is 4.05. The van der Waals surface area contributed by atoms with Crippen molar-refractivity contribution in [3.05, 3.63) is 112 Å². The van der Waals surface area contributed by atoms with Crippen LogP contribution in [-0.2, 0) is 51.3 Å². The molecule has 2 saturated heterocycles. The van der Waals surface area contributed by atoms with Gasteiger partial charge in [-0.25, -0.2) is 0 Å². The number of benzene rings is 3. The molecule has 5 amide bonds. The molecule has 0 unspecified atom stereocenters. The molecule has 406 valence electrons. The molecule has 2 atom stereocenters. The Morgan fingerprint density at radius 1 is 0.727 bits per heavy atom. The fraction of sp³-hybridized carbons (Fsp3) is 0.431. The zero-order valence-electron chi connectivity index (χ0n) is 43.8. The molecule has 19 heteroatoms. The number of imide groups is 1. The van der Waals surface area contributed by atoms with E-state index >= 15 is 0 Å². The zero-order chi connectivity index (χ0) is 54.3. The minimum Gasteiger partial charge on any atom is -0.493 e. The summed E-state index contributed by atoms with van der Waals surface area (Å²) in [7, 11) is 1.54. The van der Waals surface area contributed by atoms with Crippen LogP contribution in [0.2, 0.25) is 0 Å². The van der Waals surface area contributed by atoms with Crippen molar-refractivity contribution in [2.45, 2.75) is 70.7 Å². The molecule has 0 spiro atoms. The number of Topliss-reactive ketones (excluding diaryl/α,β-unsaturated/α-hetero) is 1. The molecule has 5 aliphatic heterocycles. The Labute approximate surface area is 448 Å². The number of nitrogens with zero attached hydrogens (tertiary/aromatic N) is 4. The lowest BCUT2D eigenvalue weighted by atomic mass is 10.1. The van der Waals surface area contributed by atoms with Crippen LogP contribution in [0.25, 0.3) is 0 Å². The minimum absolute atomic E-state index is 0.0227. The Morgan fingerprint density at radius 3 is 2.09 bits per heavy atom. The van der Waals surface area contributed by atoms with Crippen molar-refractivity contribution in [3.8, 4) is 29.1 Å². The van der Waals surface area contributed by atoms with E-state index in [2.05, 4.69) is 35.6 Å². The third-order valence-electron chi connectivity index (χ3n) is 13.4. The number of ketones is 1. The van der Waals surface area contributed by atoms with E-state index < -0.39 is 0 Å². The number of methoxy groups -OCH3 is 1. The van der Waals surface area contributed by atoms with E-state index in [9.17, 15) is 28.8 Å². The van der Waals surface area contributed by atoms with Gasteiger partial charge in [0.25, 0.3) is 23.6 Å². The highest BCUT2D eigenvalue weighted by Crippen LogP contribution is 2.39. The summed E-state index contributed by atoms with van der Waals surface area (Å²) in [5.41, 5.74) is 7.34. The monoisotopic (exact) mass is 1050 g/mol. The molecule has 5 heterocycles. The predicted molar refractivity (Wildman–Crippen MR) is 286 cm³/mol. The fourth-order valence-corrected chi connectivity index (χ4v) is 9.46. The van der Waals surface area contributed by atoms with Gasteiger partial charge in [0, 0.05) is 88.1 Å². The van der Waals surface area contributed by atoms with Crippen LogP contribution >= 0.6 is 0 Å². The van der Waals surface area contributed by atoms with Gasteiger partial charge in [0.15, 0.2) is 11.5 Å². The molecule has 8 rings (SSSR count). The molecule has 0 radical (unpaired) electrons. The average molecular weight is 1060 g/mol. The lowest BCUT2D eigenvalue weighted by molar-refractivity contribution is -0.137. The first-order valence-corrected chi connectivity index (χ1v) is 25.9. The van der Waals surface area contributed by atoms with Crippen molar-refractivity contribution in [1.82, 2.24) is 20.0 Å². The van der Waals surface area contributed by atoms with E-state index in [-0.39, 0.29) is 93.2 Å². The van der Waals surface area contributed by atoms with Crippen LogP contribution in [0.1, 0.15) is 81.5 Å². The van der Waals surface area contributed by atoms with E-state index in [1.54, 1.807) is 23.1 Å². The van der Waals surface area contributed by atoms with Crippen molar-refractivity contribution in [2.75, 3.05) is 98.0 Å². The highest BCUT2D eigenvalue weighted by atomic mass is 16.6. The number of aryl methyl sites for hydroxylation is 1. The number of anilines is 1. The van der Waals surface area contributed by atoms with Crippen molar-refractivity contribution in [2.24, 2.45) is 4.99 Å². The predicted octanol–water partition coefficient (Wildman–Crippen LogP) is 5.43. The number of aliphatic imine (C=N–C) groups is 1. The highest BCUT2D eigenvalue weighted by Gasteiger charge is 2.36. The van der Waals surface area contributed by atoms with Crippen molar-refractivity contribution in [1.29, 1.82) is 0 Å². The van der Waals surface area contributed by atoms with E-state index in [0.29, 0.717) is 130 Å². The molecular formula is C58H66N6O13. The smallest absolute Gasteiger partial charge is 0.256 e. The van der Waals surface area contributed by atoms with E-state index in [1.807, 2.05) is 42.3 Å². The minimum atomic E-state index is -0.390. The van der Waals surface area contributed by atoms with Gasteiger partial charge in [-0.1, -0.05) is 36.1 Å². The summed E-state index contributed by atoms with van der Waals surface area (Å²) in [6.07, 6.45) is 6.78. The second-order valence-electron chi connectivity index (χ2n) is 19.3. The largest absolute Gasteiger partial charge is 0.493 e. The van der Waals surface area contributed by atoms with Crippen LogP contribution in [0.3, 0.4) is 0 Å². The molecule has 2 N–H and O–H groups in total. The summed E-state index contributed by atoms with van der Waals surface area (Å²) in [4.78, 5) is 84.4. The lowest BCUT2D eigenvalue weighted by Crippen LogP contribution is -2.36. The Kier molecular flexibility index (Phi) is 19.4. The van der Waals surface area contributed by atoms with E-state index in [1.165, 1.54) is 19.3 Å². The summed E-state index contributed by atoms with van der Waals surface area (Å²) >= 11 is 0. The molecule has 3 aromatic carbocycles. The fourth-order valence-electron chi connectivity index (χ4n) is 9.46. The van der Waals surface area contributed by atoms with Crippen LogP contribution < -0.4 is 24.8 Å². The van der Waals surface area contributed by atoms with Gasteiger partial charge in [-0.05, 0) is 73.2 Å². The van der Waals surface area contributed by atoms with Crippen LogP contribution in [0, 0.1) is 18.8 Å². The lowest BCUT2D eigenvalue weighted by Gasteiger charge is -2.21. The molecule has 3 aromatic rings. The first-order chi connectivity index (χ1) is 37.3. The summed E-state index contributed by atoms with van der Waals surface area (Å²) in [5, 5.41) is 6.26. The molecule has 2 fully saturated rings. The number of hydrogen-bond acceptors (Lipinski definition) is 15. The van der Waals surface area contributed by atoms with Gasteiger partial charge in [-0.15, -0.1) is 0 Å². The van der Waals surface area contributed by atoms with Gasteiger partial charge < -0.3 is 53.6 Å². The van der Waals surface area contributed by atoms with E-state index in [0.717, 1.165) is 39.2 Å². The SMILES string of the molecule is C=C1C[C@H]2CNc3cc(OCc4cc(C#CCNC(=O)CCOCCOCCOCCOCCCC(=O)CCN5C(=O)C=CC5=O)cc(COc5cc6c(cc5C)C(=O)N5CC(=C)C[C@H]5C=N6)c4)c(OC)cc3C(=O)N2C1. The van der Waals surface area contributed by atoms with Crippen molar-refractivity contribution >= 4 is 52.9 Å². The maximum atomic E-state index is 13.6. The molecule has 0 aliphatic carbocycles. The number of rotatable bonds is 27. The van der Waals surface area contributed by atoms with Crippen molar-refractivity contribution < 1.29 is 61.9 Å². The number of carbonyl (C=O) groups excluding carboxylic acids is 6. The van der Waals surface area contributed by atoms with Gasteiger partial charge >= 0.3 is 0 Å². The third kappa shape index (κ3) is 15.1. The maximum Gasteiger partial charge on any atom is 0.256 e. The van der Waals surface area contributed by atoms with Crippen LogP contribution in [0.4, 0.5) is 11.4 Å². The second-order valence-corrected chi connectivity index (χ2v) is 19.3. The van der Waals surface area contributed by atoms with Crippen molar-refractivity contribution in [3.63, 3.8) is 0 Å². The number of nitrogens with one attached hydrogen (secondary N) is 2. The number of ether oxygens (including phenoxy) is 7. The number of fused-ring (bicyclic) bond motifs is 4. The maximum absolute atomic E-state index is 13.6.